The first kappa shape index (κ1) is 26.9. The van der Waals surface area contributed by atoms with Gasteiger partial charge in [-0.05, 0) is 61.7 Å². The molecule has 0 bridgehead atoms. The van der Waals surface area contributed by atoms with Crippen molar-refractivity contribution < 1.29 is 27.9 Å². The monoisotopic (exact) mass is 606 g/mol. The number of allylic oxidation sites excluding steroid dienone is 2. The van der Waals surface area contributed by atoms with Crippen molar-refractivity contribution in [3.05, 3.63) is 104 Å². The van der Waals surface area contributed by atoms with Crippen LogP contribution in [-0.2, 0) is 0 Å². The molecule has 0 saturated heterocycles. The van der Waals surface area contributed by atoms with E-state index in [1.165, 1.54) is 24.3 Å². The number of fused-ring (bicyclic) bond motifs is 2. The lowest BCUT2D eigenvalue weighted by Crippen LogP contribution is -2.51. The van der Waals surface area contributed by atoms with E-state index in [4.69, 9.17) is 18.3 Å². The highest BCUT2D eigenvalue weighted by molar-refractivity contribution is 9.10. The number of nitrogens with one attached hydrogen (secondary N) is 2. The molecule has 204 valence electrons. The van der Waals surface area contributed by atoms with Gasteiger partial charge in [0.15, 0.2) is 0 Å². The lowest BCUT2D eigenvalue weighted by molar-refractivity contribution is 0.192. The molecular formula is C29H23BrN2O8. The van der Waals surface area contributed by atoms with Crippen molar-refractivity contribution in [2.75, 3.05) is 0 Å². The fraction of sp³-hybridized carbons (Fsp3) is 0.172. The van der Waals surface area contributed by atoms with Crippen LogP contribution in [0.15, 0.2) is 90.4 Å². The topological polar surface area (TPSA) is 137 Å². The van der Waals surface area contributed by atoms with E-state index in [-0.39, 0.29) is 29.1 Å². The Bertz CT molecular complexity index is 1870. The second-order valence-electron chi connectivity index (χ2n) is 9.31. The molecule has 10 nitrogen and oxygen atoms in total. The van der Waals surface area contributed by atoms with E-state index in [1.807, 2.05) is 6.08 Å². The molecule has 5 rings (SSSR count). The van der Waals surface area contributed by atoms with Crippen molar-refractivity contribution in [1.29, 1.82) is 0 Å². The zero-order valence-electron chi connectivity index (χ0n) is 21.6. The summed E-state index contributed by atoms with van der Waals surface area (Å²) in [6.45, 7) is 5.32. The van der Waals surface area contributed by atoms with Crippen molar-refractivity contribution in [2.45, 2.75) is 31.6 Å². The average Bonchev–Trinajstić information content (AvgIpc) is 2.85. The van der Waals surface area contributed by atoms with Crippen molar-refractivity contribution in [3.8, 4) is 11.5 Å². The van der Waals surface area contributed by atoms with Crippen LogP contribution >= 0.6 is 15.9 Å². The Hall–Kier alpha value is -4.64. The van der Waals surface area contributed by atoms with E-state index in [2.05, 4.69) is 26.6 Å². The number of carbonyl (C=O) groups excluding carboxylic acids is 2. The fourth-order valence-electron chi connectivity index (χ4n) is 4.47. The van der Waals surface area contributed by atoms with Gasteiger partial charge >= 0.3 is 23.4 Å². The maximum Gasteiger partial charge on any atom is 0.416 e. The number of hydrogen-bond acceptors (Lipinski definition) is 8. The molecule has 4 aromatic rings. The third-order valence-electron chi connectivity index (χ3n) is 6.35. The maximum absolute atomic E-state index is 12.9. The Morgan fingerprint density at radius 1 is 0.825 bits per heavy atom. The van der Waals surface area contributed by atoms with Crippen LogP contribution in [0.3, 0.4) is 0 Å². The minimum Gasteiger partial charge on any atom is -0.423 e. The van der Waals surface area contributed by atoms with E-state index in [0.29, 0.717) is 22.0 Å². The first-order valence-electron chi connectivity index (χ1n) is 12.2. The standard InChI is InChI=1S/C29H23BrN2O8/c1-15-5-4-10-29(30,32-28(36)38-19-7-9-21-17(3)12-25(34)40-23(21)14-19)26(15)31-27(35)37-18-6-8-20-16(2)11-24(33)39-22(20)13-18/h4-9,11-14H,10H2,1-3H3,(H,31,35)(H,32,36). The molecule has 0 fully saturated rings. The maximum atomic E-state index is 12.9. The van der Waals surface area contributed by atoms with Gasteiger partial charge < -0.3 is 23.6 Å². The second-order valence-corrected chi connectivity index (χ2v) is 10.7. The molecule has 1 aliphatic rings. The summed E-state index contributed by atoms with van der Waals surface area (Å²) in [5.74, 6) is 0.322. The van der Waals surface area contributed by atoms with Crippen LogP contribution in [-0.4, -0.2) is 16.6 Å². The van der Waals surface area contributed by atoms with Gasteiger partial charge in [-0.15, -0.1) is 0 Å². The molecule has 2 amide bonds. The SMILES string of the molecule is CC1=C(NC(=O)Oc2ccc3c(C)cc(=O)oc3c2)C(Br)(NC(=O)Oc2ccc3c(C)cc(=O)oc3c2)CC=C1. The summed E-state index contributed by atoms with van der Waals surface area (Å²) in [6, 6.07) is 12.2. The number of benzene rings is 2. The first-order valence-corrected chi connectivity index (χ1v) is 12.9. The molecule has 1 unspecified atom stereocenters. The first-order chi connectivity index (χ1) is 19.0. The number of rotatable bonds is 4. The summed E-state index contributed by atoms with van der Waals surface area (Å²) >= 11 is 3.54. The number of alkyl halides is 1. The van der Waals surface area contributed by atoms with Gasteiger partial charge in [0.2, 0.25) is 0 Å². The smallest absolute Gasteiger partial charge is 0.416 e. The molecule has 2 heterocycles. The van der Waals surface area contributed by atoms with Crippen LogP contribution in [0, 0.1) is 13.8 Å². The Balaban J connectivity index is 1.31. The summed E-state index contributed by atoms with van der Waals surface area (Å²) in [5, 5.41) is 6.86. The molecule has 11 heteroatoms. The third kappa shape index (κ3) is 5.55. The molecule has 1 atom stereocenters. The summed E-state index contributed by atoms with van der Waals surface area (Å²) in [6.07, 6.45) is 2.26. The Morgan fingerprint density at radius 3 is 1.90 bits per heavy atom. The summed E-state index contributed by atoms with van der Waals surface area (Å²) in [5.41, 5.74) is 2.02. The van der Waals surface area contributed by atoms with Gasteiger partial charge in [-0.1, -0.05) is 28.1 Å². The highest BCUT2D eigenvalue weighted by atomic mass is 79.9. The Labute approximate surface area is 235 Å². The molecule has 2 aromatic carbocycles. The molecule has 0 spiro atoms. The van der Waals surface area contributed by atoms with Gasteiger partial charge in [-0.3, -0.25) is 5.32 Å². The molecule has 0 saturated carbocycles. The van der Waals surface area contributed by atoms with Gasteiger partial charge in [-0.2, -0.15) is 0 Å². The van der Waals surface area contributed by atoms with Crippen LogP contribution in [0.25, 0.3) is 21.9 Å². The van der Waals surface area contributed by atoms with E-state index in [0.717, 1.165) is 11.1 Å². The normalized spacial score (nSPS) is 16.7. The minimum absolute atomic E-state index is 0.161. The predicted octanol–water partition coefficient (Wildman–Crippen LogP) is 5.72. The van der Waals surface area contributed by atoms with E-state index < -0.39 is 27.9 Å². The molecule has 0 radical (unpaired) electrons. The third-order valence-corrected chi connectivity index (χ3v) is 7.27. The zero-order chi connectivity index (χ0) is 28.6. The Kier molecular flexibility index (Phi) is 7.07. The van der Waals surface area contributed by atoms with Crippen molar-refractivity contribution >= 4 is 50.1 Å². The molecule has 40 heavy (non-hydrogen) atoms. The van der Waals surface area contributed by atoms with Crippen molar-refractivity contribution in [2.24, 2.45) is 0 Å². The summed E-state index contributed by atoms with van der Waals surface area (Å²) in [7, 11) is 0. The number of halogens is 1. The molecule has 2 aromatic heterocycles. The summed E-state index contributed by atoms with van der Waals surface area (Å²) < 4.78 is 20.1. The number of ether oxygens (including phenoxy) is 2. The van der Waals surface area contributed by atoms with Crippen LogP contribution in [0.4, 0.5) is 9.59 Å². The van der Waals surface area contributed by atoms with Gasteiger partial charge in [0.05, 0.1) is 5.70 Å². The Morgan fingerprint density at radius 2 is 1.35 bits per heavy atom. The summed E-state index contributed by atoms with van der Waals surface area (Å²) in [4.78, 5) is 49.2. The molecule has 2 N–H and O–H groups in total. The number of aryl methyl sites for hydroxylation is 2. The largest absolute Gasteiger partial charge is 0.423 e. The predicted molar refractivity (Wildman–Crippen MR) is 151 cm³/mol. The van der Waals surface area contributed by atoms with Crippen molar-refractivity contribution in [1.82, 2.24) is 10.6 Å². The van der Waals surface area contributed by atoms with Gasteiger partial charge in [0.25, 0.3) is 0 Å². The van der Waals surface area contributed by atoms with E-state index in [1.54, 1.807) is 51.1 Å². The number of carbonyl (C=O) groups is 2. The quantitative estimate of drug-likeness (QED) is 0.171. The average molecular weight is 607 g/mol. The fourth-order valence-corrected chi connectivity index (χ4v) is 5.23. The van der Waals surface area contributed by atoms with Crippen LogP contribution < -0.4 is 31.4 Å². The van der Waals surface area contributed by atoms with Gasteiger partial charge in [0.1, 0.15) is 27.1 Å². The van der Waals surface area contributed by atoms with Gasteiger partial charge in [0, 0.05) is 41.5 Å². The lowest BCUT2D eigenvalue weighted by Gasteiger charge is -2.33. The van der Waals surface area contributed by atoms with E-state index >= 15 is 0 Å². The zero-order valence-corrected chi connectivity index (χ0v) is 23.2. The second kappa shape index (κ2) is 10.5. The van der Waals surface area contributed by atoms with Crippen LogP contribution in [0.1, 0.15) is 24.5 Å². The number of amides is 2. The molecule has 0 aliphatic heterocycles. The molecule has 1 aliphatic carbocycles. The van der Waals surface area contributed by atoms with Crippen LogP contribution in [0.2, 0.25) is 0 Å². The lowest BCUT2D eigenvalue weighted by atomic mass is 9.99. The minimum atomic E-state index is -1.23. The number of hydrogen-bond donors (Lipinski definition) is 2. The highest BCUT2D eigenvalue weighted by Gasteiger charge is 2.37. The van der Waals surface area contributed by atoms with Crippen LogP contribution in [0.5, 0.6) is 11.5 Å². The van der Waals surface area contributed by atoms with Crippen molar-refractivity contribution in [3.63, 3.8) is 0 Å². The highest BCUT2D eigenvalue weighted by Crippen LogP contribution is 2.34. The van der Waals surface area contributed by atoms with Gasteiger partial charge in [-0.25, -0.2) is 19.2 Å². The molecular weight excluding hydrogens is 584 g/mol. The van der Waals surface area contributed by atoms with E-state index in [9.17, 15) is 19.2 Å².